The van der Waals surface area contributed by atoms with Crippen molar-refractivity contribution in [2.45, 2.75) is 57.3 Å². The second-order valence-corrected chi connectivity index (χ2v) is 7.41. The van der Waals surface area contributed by atoms with Crippen LogP contribution in [0.4, 0.5) is 0 Å². The molecule has 1 fully saturated rings. The first-order valence-electron chi connectivity index (χ1n) is 9.55. The maximum Gasteiger partial charge on any atom is 0.229 e. The minimum absolute atomic E-state index is 0.0733. The third-order valence-electron chi connectivity index (χ3n) is 5.84. The molecule has 1 aliphatic heterocycles. The SMILES string of the molecule is CC(C(=O)N1CCC(c2onc3c2CCCC3)CC1)c1ccccc1. The largest absolute Gasteiger partial charge is 0.361 e. The summed E-state index contributed by atoms with van der Waals surface area (Å²) in [5.74, 6) is 1.70. The molecular formula is C21H26N2O2. The number of fused-ring (bicyclic) bond motifs is 1. The number of benzene rings is 1. The first-order valence-corrected chi connectivity index (χ1v) is 9.55. The van der Waals surface area contributed by atoms with Gasteiger partial charge in [-0.3, -0.25) is 4.79 Å². The van der Waals surface area contributed by atoms with Gasteiger partial charge in [0.1, 0.15) is 5.76 Å². The molecule has 2 heterocycles. The molecule has 0 bridgehead atoms. The second-order valence-electron chi connectivity index (χ2n) is 7.41. The van der Waals surface area contributed by atoms with Gasteiger partial charge in [0, 0.05) is 24.6 Å². The van der Waals surface area contributed by atoms with Crippen molar-refractivity contribution in [2.75, 3.05) is 13.1 Å². The Morgan fingerprint density at radius 2 is 1.88 bits per heavy atom. The van der Waals surface area contributed by atoms with Crippen LogP contribution in [0.25, 0.3) is 0 Å². The number of carbonyl (C=O) groups is 1. The zero-order valence-electron chi connectivity index (χ0n) is 14.9. The molecule has 132 valence electrons. The number of hydrogen-bond donors (Lipinski definition) is 0. The van der Waals surface area contributed by atoms with Crippen LogP contribution in [0.2, 0.25) is 0 Å². The summed E-state index contributed by atoms with van der Waals surface area (Å²) in [5, 5.41) is 4.30. The van der Waals surface area contributed by atoms with E-state index in [4.69, 9.17) is 4.52 Å². The number of amides is 1. The average molecular weight is 338 g/mol. The zero-order valence-corrected chi connectivity index (χ0v) is 14.9. The van der Waals surface area contributed by atoms with E-state index in [1.54, 1.807) is 0 Å². The molecule has 1 aliphatic carbocycles. The molecule has 2 aliphatic rings. The molecule has 1 unspecified atom stereocenters. The summed E-state index contributed by atoms with van der Waals surface area (Å²) in [6, 6.07) is 10.1. The number of piperidine rings is 1. The standard InChI is InChI=1S/C21H26N2O2/c1-15(16-7-3-2-4-8-16)21(24)23-13-11-17(12-14-23)20-18-9-5-6-10-19(18)22-25-20/h2-4,7-8,15,17H,5-6,9-14H2,1H3. The molecule has 1 saturated heterocycles. The first-order chi connectivity index (χ1) is 12.2. The van der Waals surface area contributed by atoms with Gasteiger partial charge in [-0.05, 0) is 51.0 Å². The van der Waals surface area contributed by atoms with Crippen molar-refractivity contribution in [2.24, 2.45) is 0 Å². The van der Waals surface area contributed by atoms with Gasteiger partial charge >= 0.3 is 0 Å². The number of nitrogens with zero attached hydrogens (tertiary/aromatic N) is 2. The van der Waals surface area contributed by atoms with Gasteiger partial charge in [-0.1, -0.05) is 35.5 Å². The molecular weight excluding hydrogens is 312 g/mol. The Morgan fingerprint density at radius 1 is 1.16 bits per heavy atom. The quantitative estimate of drug-likeness (QED) is 0.848. The third-order valence-corrected chi connectivity index (χ3v) is 5.84. The molecule has 2 aromatic rings. The number of carbonyl (C=O) groups excluding carboxylic acids is 1. The van der Waals surface area contributed by atoms with Gasteiger partial charge in [-0.15, -0.1) is 0 Å². The van der Waals surface area contributed by atoms with E-state index >= 15 is 0 Å². The van der Waals surface area contributed by atoms with Gasteiger partial charge in [0.05, 0.1) is 11.6 Å². The van der Waals surface area contributed by atoms with Crippen molar-refractivity contribution in [3.05, 3.63) is 52.9 Å². The fourth-order valence-corrected chi connectivity index (χ4v) is 4.26. The molecule has 1 atom stereocenters. The molecule has 4 rings (SSSR count). The predicted octanol–water partition coefficient (Wildman–Crippen LogP) is 4.06. The summed E-state index contributed by atoms with van der Waals surface area (Å²) in [4.78, 5) is 14.8. The van der Waals surface area contributed by atoms with Crippen LogP contribution in [0.15, 0.2) is 34.9 Å². The normalized spacial score (nSPS) is 19.5. The van der Waals surface area contributed by atoms with Gasteiger partial charge in [0.2, 0.25) is 5.91 Å². The number of rotatable bonds is 3. The predicted molar refractivity (Wildman–Crippen MR) is 96.6 cm³/mol. The summed E-state index contributed by atoms with van der Waals surface area (Å²) in [6.45, 7) is 3.64. The molecule has 1 aromatic carbocycles. The summed E-state index contributed by atoms with van der Waals surface area (Å²) in [7, 11) is 0. The first kappa shape index (κ1) is 16.4. The topological polar surface area (TPSA) is 46.3 Å². The number of hydrogen-bond acceptors (Lipinski definition) is 3. The van der Waals surface area contributed by atoms with Crippen molar-refractivity contribution in [1.29, 1.82) is 0 Å². The van der Waals surface area contributed by atoms with Crippen LogP contribution in [0.3, 0.4) is 0 Å². The van der Waals surface area contributed by atoms with E-state index in [-0.39, 0.29) is 11.8 Å². The van der Waals surface area contributed by atoms with E-state index in [0.717, 1.165) is 50.1 Å². The Kier molecular flexibility index (Phi) is 4.60. The number of likely N-dealkylation sites (tertiary alicyclic amines) is 1. The molecule has 0 N–H and O–H groups in total. The minimum atomic E-state index is -0.0733. The van der Waals surface area contributed by atoms with E-state index in [1.165, 1.54) is 24.1 Å². The Balaban J connectivity index is 1.40. The van der Waals surface area contributed by atoms with Gasteiger partial charge in [-0.25, -0.2) is 0 Å². The number of aryl methyl sites for hydroxylation is 1. The third kappa shape index (κ3) is 3.22. The molecule has 25 heavy (non-hydrogen) atoms. The highest BCUT2D eigenvalue weighted by Crippen LogP contribution is 2.35. The van der Waals surface area contributed by atoms with Crippen molar-refractivity contribution in [1.82, 2.24) is 10.1 Å². The lowest BCUT2D eigenvalue weighted by molar-refractivity contribution is -0.133. The van der Waals surface area contributed by atoms with Crippen LogP contribution in [0, 0.1) is 0 Å². The summed E-state index contributed by atoms with van der Waals surface area (Å²) >= 11 is 0. The van der Waals surface area contributed by atoms with Gasteiger partial charge < -0.3 is 9.42 Å². The lowest BCUT2D eigenvalue weighted by Crippen LogP contribution is -2.40. The van der Waals surface area contributed by atoms with Crippen LogP contribution in [0.5, 0.6) is 0 Å². The summed E-state index contributed by atoms with van der Waals surface area (Å²) in [6.07, 6.45) is 6.60. The Labute approximate surface area is 149 Å². The fourth-order valence-electron chi connectivity index (χ4n) is 4.26. The van der Waals surface area contributed by atoms with Crippen molar-refractivity contribution in [3.8, 4) is 0 Å². The average Bonchev–Trinajstić information content (AvgIpc) is 3.12. The monoisotopic (exact) mass is 338 g/mol. The van der Waals surface area contributed by atoms with Crippen LogP contribution in [-0.2, 0) is 17.6 Å². The van der Waals surface area contributed by atoms with E-state index in [9.17, 15) is 4.79 Å². The molecule has 0 saturated carbocycles. The van der Waals surface area contributed by atoms with Crippen LogP contribution >= 0.6 is 0 Å². The van der Waals surface area contributed by atoms with Crippen molar-refractivity contribution in [3.63, 3.8) is 0 Å². The number of aromatic nitrogens is 1. The molecule has 0 spiro atoms. The van der Waals surface area contributed by atoms with E-state index in [0.29, 0.717) is 5.92 Å². The smallest absolute Gasteiger partial charge is 0.229 e. The van der Waals surface area contributed by atoms with Crippen LogP contribution in [0.1, 0.15) is 67.0 Å². The molecule has 1 aromatic heterocycles. The van der Waals surface area contributed by atoms with E-state index < -0.39 is 0 Å². The van der Waals surface area contributed by atoms with Crippen molar-refractivity contribution >= 4 is 5.91 Å². The lowest BCUT2D eigenvalue weighted by atomic mass is 9.87. The fraction of sp³-hybridized carbons (Fsp3) is 0.524. The zero-order chi connectivity index (χ0) is 17.2. The molecule has 4 heteroatoms. The summed E-state index contributed by atoms with van der Waals surface area (Å²) < 4.78 is 5.72. The van der Waals surface area contributed by atoms with Crippen LogP contribution in [-0.4, -0.2) is 29.1 Å². The highest BCUT2D eigenvalue weighted by atomic mass is 16.5. The molecule has 1 amide bonds. The highest BCUT2D eigenvalue weighted by molar-refractivity contribution is 5.83. The van der Waals surface area contributed by atoms with Gasteiger partial charge in [-0.2, -0.15) is 0 Å². The Morgan fingerprint density at radius 3 is 2.64 bits per heavy atom. The molecule has 4 nitrogen and oxygen atoms in total. The van der Waals surface area contributed by atoms with Gasteiger partial charge in [0.25, 0.3) is 0 Å². The maximum absolute atomic E-state index is 12.8. The van der Waals surface area contributed by atoms with Crippen molar-refractivity contribution < 1.29 is 9.32 Å². The van der Waals surface area contributed by atoms with E-state index in [1.807, 2.05) is 42.2 Å². The summed E-state index contributed by atoms with van der Waals surface area (Å²) in [5.41, 5.74) is 3.64. The molecule has 0 radical (unpaired) electrons. The lowest BCUT2D eigenvalue weighted by Gasteiger charge is -2.33. The second kappa shape index (κ2) is 7.03. The highest BCUT2D eigenvalue weighted by Gasteiger charge is 2.31. The maximum atomic E-state index is 12.8. The Hall–Kier alpha value is -2.10. The Bertz CT molecular complexity index is 730. The minimum Gasteiger partial charge on any atom is -0.361 e. The van der Waals surface area contributed by atoms with E-state index in [2.05, 4.69) is 5.16 Å². The van der Waals surface area contributed by atoms with Gasteiger partial charge in [0.15, 0.2) is 0 Å². The van der Waals surface area contributed by atoms with Crippen LogP contribution < -0.4 is 0 Å².